The van der Waals surface area contributed by atoms with E-state index >= 15 is 0 Å². The van der Waals surface area contributed by atoms with Crippen LogP contribution in [0.1, 0.15) is 10.5 Å². The van der Waals surface area contributed by atoms with Gasteiger partial charge in [0.1, 0.15) is 0 Å². The summed E-state index contributed by atoms with van der Waals surface area (Å²) < 4.78 is 9.52. The Morgan fingerprint density at radius 2 is 2.36 bits per heavy atom. The third-order valence-corrected chi connectivity index (χ3v) is 2.68. The minimum absolute atomic E-state index is 0.354. The molecule has 1 heterocycles. The largest absolute Gasteiger partial charge is 0.464 e. The van der Waals surface area contributed by atoms with Crippen molar-refractivity contribution in [2.75, 3.05) is 12.8 Å². The van der Waals surface area contributed by atoms with E-state index in [4.69, 9.17) is 5.73 Å². The summed E-state index contributed by atoms with van der Waals surface area (Å²) in [7, 11) is 1.34. The lowest BCUT2D eigenvalue weighted by atomic mass is 10.2. The first-order valence-corrected chi connectivity index (χ1v) is 4.73. The normalized spacial score (nSPS) is 10.4. The Kier molecular flexibility index (Phi) is 2.09. The van der Waals surface area contributed by atoms with Crippen LogP contribution in [-0.4, -0.2) is 17.5 Å². The lowest BCUT2D eigenvalue weighted by molar-refractivity contribution is 0.0598. The SMILES string of the molecule is COC(=O)c1nsc2cc(N)ccc12. The zero-order chi connectivity index (χ0) is 10.1. The van der Waals surface area contributed by atoms with Gasteiger partial charge >= 0.3 is 5.97 Å². The van der Waals surface area contributed by atoms with Crippen LogP contribution in [0.4, 0.5) is 5.69 Å². The highest BCUT2D eigenvalue weighted by molar-refractivity contribution is 7.13. The fourth-order valence-electron chi connectivity index (χ4n) is 1.20. The number of benzene rings is 1. The highest BCUT2D eigenvalue weighted by atomic mass is 32.1. The van der Waals surface area contributed by atoms with Crippen molar-refractivity contribution < 1.29 is 9.53 Å². The molecule has 0 radical (unpaired) electrons. The van der Waals surface area contributed by atoms with E-state index < -0.39 is 5.97 Å². The lowest BCUT2D eigenvalue weighted by Crippen LogP contribution is -2.01. The number of methoxy groups -OCH3 is 1. The van der Waals surface area contributed by atoms with Crippen molar-refractivity contribution >= 4 is 33.3 Å². The molecular weight excluding hydrogens is 200 g/mol. The number of nitrogen functional groups attached to an aromatic ring is 1. The molecule has 0 fully saturated rings. The predicted octanol–water partition coefficient (Wildman–Crippen LogP) is 1.67. The molecule has 0 spiro atoms. The maximum Gasteiger partial charge on any atom is 0.358 e. The van der Waals surface area contributed by atoms with Crippen molar-refractivity contribution in [3.8, 4) is 0 Å². The monoisotopic (exact) mass is 208 g/mol. The summed E-state index contributed by atoms with van der Waals surface area (Å²) in [5, 5.41) is 0.788. The summed E-state index contributed by atoms with van der Waals surface area (Å²) in [6, 6.07) is 5.31. The van der Waals surface area contributed by atoms with E-state index in [1.165, 1.54) is 18.6 Å². The molecule has 0 bridgehead atoms. The zero-order valence-corrected chi connectivity index (χ0v) is 8.30. The number of esters is 1. The van der Waals surface area contributed by atoms with E-state index in [2.05, 4.69) is 9.11 Å². The van der Waals surface area contributed by atoms with E-state index in [1.54, 1.807) is 18.2 Å². The van der Waals surface area contributed by atoms with Crippen LogP contribution in [0.2, 0.25) is 0 Å². The number of ether oxygens (including phenoxy) is 1. The quantitative estimate of drug-likeness (QED) is 0.571. The first kappa shape index (κ1) is 8.96. The summed E-state index contributed by atoms with van der Waals surface area (Å²) in [5.74, 6) is -0.416. The molecule has 0 amide bonds. The summed E-state index contributed by atoms with van der Waals surface area (Å²) in [6.07, 6.45) is 0. The molecule has 2 rings (SSSR count). The van der Waals surface area contributed by atoms with Crippen LogP contribution >= 0.6 is 11.5 Å². The van der Waals surface area contributed by atoms with Crippen LogP contribution in [0, 0.1) is 0 Å². The standard InChI is InChI=1S/C9H8N2O2S/c1-13-9(12)8-6-3-2-5(10)4-7(6)14-11-8/h2-4H,10H2,1H3. The Morgan fingerprint density at radius 1 is 1.57 bits per heavy atom. The Bertz CT molecular complexity index is 493. The second-order valence-corrected chi connectivity index (χ2v) is 3.58. The molecule has 4 nitrogen and oxygen atoms in total. The molecule has 0 unspecified atom stereocenters. The van der Waals surface area contributed by atoms with Crippen LogP contribution in [-0.2, 0) is 4.74 Å². The molecule has 0 aliphatic heterocycles. The average molecular weight is 208 g/mol. The van der Waals surface area contributed by atoms with Crippen LogP contribution in [0.3, 0.4) is 0 Å². The van der Waals surface area contributed by atoms with Crippen molar-refractivity contribution in [1.82, 2.24) is 4.37 Å². The third-order valence-electron chi connectivity index (χ3n) is 1.87. The first-order chi connectivity index (χ1) is 6.72. The first-order valence-electron chi connectivity index (χ1n) is 3.95. The van der Waals surface area contributed by atoms with Gasteiger partial charge in [-0.25, -0.2) is 4.79 Å². The van der Waals surface area contributed by atoms with Gasteiger partial charge in [0.25, 0.3) is 0 Å². The fourth-order valence-corrected chi connectivity index (χ4v) is 2.01. The van der Waals surface area contributed by atoms with Gasteiger partial charge in [0.2, 0.25) is 0 Å². The molecule has 0 saturated carbocycles. The molecule has 2 N–H and O–H groups in total. The third kappa shape index (κ3) is 1.31. The highest BCUT2D eigenvalue weighted by Gasteiger charge is 2.14. The number of fused-ring (bicyclic) bond motifs is 1. The van der Waals surface area contributed by atoms with E-state index in [1.807, 2.05) is 0 Å². The number of aromatic nitrogens is 1. The van der Waals surface area contributed by atoms with Gasteiger partial charge in [0.15, 0.2) is 5.69 Å². The van der Waals surface area contributed by atoms with Crippen LogP contribution in [0.25, 0.3) is 10.1 Å². The number of carbonyl (C=O) groups excluding carboxylic acids is 1. The van der Waals surface area contributed by atoms with E-state index in [-0.39, 0.29) is 0 Å². The van der Waals surface area contributed by atoms with Gasteiger partial charge < -0.3 is 10.5 Å². The van der Waals surface area contributed by atoms with E-state index in [0.717, 1.165) is 10.1 Å². The van der Waals surface area contributed by atoms with E-state index in [9.17, 15) is 4.79 Å². The average Bonchev–Trinajstić information content (AvgIpc) is 2.59. The molecule has 14 heavy (non-hydrogen) atoms. The topological polar surface area (TPSA) is 65.2 Å². The Morgan fingerprint density at radius 3 is 3.07 bits per heavy atom. The highest BCUT2D eigenvalue weighted by Crippen LogP contribution is 2.25. The van der Waals surface area contributed by atoms with Crippen LogP contribution < -0.4 is 5.73 Å². The van der Waals surface area contributed by atoms with Crippen molar-refractivity contribution in [1.29, 1.82) is 0 Å². The number of carbonyl (C=O) groups is 1. The fraction of sp³-hybridized carbons (Fsp3) is 0.111. The zero-order valence-electron chi connectivity index (χ0n) is 7.48. The molecule has 72 valence electrons. The van der Waals surface area contributed by atoms with Gasteiger partial charge in [0, 0.05) is 11.1 Å². The number of nitrogens with two attached hydrogens (primary N) is 1. The number of hydrogen-bond donors (Lipinski definition) is 1. The van der Waals surface area contributed by atoms with Gasteiger partial charge in [0.05, 0.1) is 11.8 Å². The van der Waals surface area contributed by atoms with Gasteiger partial charge in [-0.05, 0) is 29.7 Å². The molecule has 5 heteroatoms. The van der Waals surface area contributed by atoms with Gasteiger partial charge in [-0.2, -0.15) is 4.37 Å². The summed E-state index contributed by atoms with van der Waals surface area (Å²) in [4.78, 5) is 11.3. The Hall–Kier alpha value is -1.62. The number of anilines is 1. The summed E-state index contributed by atoms with van der Waals surface area (Å²) in [5.41, 5.74) is 6.62. The molecular formula is C9H8N2O2S. The van der Waals surface area contributed by atoms with Crippen LogP contribution in [0.15, 0.2) is 18.2 Å². The second-order valence-electron chi connectivity index (χ2n) is 2.78. The Balaban J connectivity index is 2.64. The molecule has 0 aliphatic rings. The van der Waals surface area contributed by atoms with Gasteiger partial charge in [-0.3, -0.25) is 0 Å². The van der Waals surface area contributed by atoms with Crippen molar-refractivity contribution in [2.24, 2.45) is 0 Å². The minimum atomic E-state index is -0.416. The molecule has 0 aliphatic carbocycles. The van der Waals surface area contributed by atoms with Crippen molar-refractivity contribution in [3.05, 3.63) is 23.9 Å². The van der Waals surface area contributed by atoms with Gasteiger partial charge in [-0.1, -0.05) is 0 Å². The number of rotatable bonds is 1. The maximum absolute atomic E-state index is 11.3. The molecule has 1 aromatic carbocycles. The minimum Gasteiger partial charge on any atom is -0.464 e. The Labute approximate surface area is 84.5 Å². The lowest BCUT2D eigenvalue weighted by Gasteiger charge is -1.95. The predicted molar refractivity (Wildman–Crippen MR) is 55.4 cm³/mol. The molecule has 0 saturated heterocycles. The number of nitrogens with zero attached hydrogens (tertiary/aromatic N) is 1. The summed E-state index contributed by atoms with van der Waals surface area (Å²) in [6.45, 7) is 0. The van der Waals surface area contributed by atoms with Crippen molar-refractivity contribution in [3.63, 3.8) is 0 Å². The van der Waals surface area contributed by atoms with Gasteiger partial charge in [-0.15, -0.1) is 0 Å². The van der Waals surface area contributed by atoms with Crippen LogP contribution in [0.5, 0.6) is 0 Å². The van der Waals surface area contributed by atoms with E-state index in [0.29, 0.717) is 11.4 Å². The smallest absolute Gasteiger partial charge is 0.358 e. The second kappa shape index (κ2) is 3.26. The molecule has 1 aromatic heterocycles. The maximum atomic E-state index is 11.3. The summed E-state index contributed by atoms with van der Waals surface area (Å²) >= 11 is 1.24. The number of hydrogen-bond acceptors (Lipinski definition) is 5. The molecule has 2 aromatic rings. The van der Waals surface area contributed by atoms with Crippen molar-refractivity contribution in [2.45, 2.75) is 0 Å². The molecule has 0 atom stereocenters.